The Morgan fingerprint density at radius 1 is 1.16 bits per heavy atom. The van der Waals surface area contributed by atoms with E-state index in [1.54, 1.807) is 30.3 Å². The number of benzene rings is 2. The van der Waals surface area contributed by atoms with Crippen LogP contribution in [0, 0.1) is 0 Å². The van der Waals surface area contributed by atoms with Crippen LogP contribution in [0.5, 0.6) is 11.5 Å². The van der Waals surface area contributed by atoms with E-state index in [1.165, 1.54) is 7.11 Å². The van der Waals surface area contributed by atoms with Gasteiger partial charge in [0.2, 0.25) is 0 Å². The Balaban J connectivity index is 2.02. The summed E-state index contributed by atoms with van der Waals surface area (Å²) in [5, 5.41) is 0.410. The van der Waals surface area contributed by atoms with Gasteiger partial charge < -0.3 is 9.47 Å². The maximum Gasteiger partial charge on any atom is 0.200 e. The van der Waals surface area contributed by atoms with Gasteiger partial charge in [0.05, 0.1) is 12.1 Å². The molecule has 4 heteroatoms. The van der Waals surface area contributed by atoms with Crippen molar-refractivity contribution in [1.29, 1.82) is 0 Å². The number of methoxy groups -OCH3 is 1. The van der Waals surface area contributed by atoms with Gasteiger partial charge in [-0.05, 0) is 30.3 Å². The minimum atomic E-state index is -0.131. The van der Waals surface area contributed by atoms with Crippen molar-refractivity contribution in [3.05, 3.63) is 59.1 Å². The normalized spacial score (nSPS) is 10.0. The van der Waals surface area contributed by atoms with Crippen molar-refractivity contribution in [1.82, 2.24) is 0 Å². The van der Waals surface area contributed by atoms with Crippen molar-refractivity contribution in [2.45, 2.75) is 0 Å². The first-order chi connectivity index (χ1) is 9.20. The lowest BCUT2D eigenvalue weighted by Gasteiger charge is -2.07. The highest BCUT2D eigenvalue weighted by atomic mass is 35.5. The smallest absolute Gasteiger partial charge is 0.200 e. The van der Waals surface area contributed by atoms with Gasteiger partial charge in [-0.2, -0.15) is 0 Å². The number of ketones is 1. The van der Waals surface area contributed by atoms with Gasteiger partial charge in [-0.1, -0.05) is 29.8 Å². The number of carbonyl (C=O) groups is 1. The Hall–Kier alpha value is -2.00. The molecule has 0 aliphatic carbocycles. The number of halogens is 1. The van der Waals surface area contributed by atoms with Gasteiger partial charge in [-0.25, -0.2) is 0 Å². The highest BCUT2D eigenvalue weighted by molar-refractivity contribution is 6.32. The molecular formula is C15H13ClO3. The van der Waals surface area contributed by atoms with Crippen LogP contribution in [0.25, 0.3) is 0 Å². The minimum Gasteiger partial charge on any atom is -0.495 e. The largest absolute Gasteiger partial charge is 0.495 e. The second kappa shape index (κ2) is 6.25. The van der Waals surface area contributed by atoms with E-state index in [4.69, 9.17) is 21.1 Å². The molecule has 98 valence electrons. The molecule has 19 heavy (non-hydrogen) atoms. The number of rotatable bonds is 5. The molecule has 2 aromatic carbocycles. The van der Waals surface area contributed by atoms with Gasteiger partial charge in [-0.3, -0.25) is 4.79 Å². The Morgan fingerprint density at radius 2 is 1.89 bits per heavy atom. The molecule has 0 bridgehead atoms. The maximum atomic E-state index is 11.9. The van der Waals surface area contributed by atoms with Crippen molar-refractivity contribution < 1.29 is 14.3 Å². The summed E-state index contributed by atoms with van der Waals surface area (Å²) < 4.78 is 10.4. The second-order valence-electron chi connectivity index (χ2n) is 3.87. The minimum absolute atomic E-state index is 0.0212. The summed E-state index contributed by atoms with van der Waals surface area (Å²) in [5.74, 6) is 1.08. The molecule has 2 aromatic rings. The van der Waals surface area contributed by atoms with Crippen LogP contribution >= 0.6 is 11.6 Å². The average molecular weight is 277 g/mol. The van der Waals surface area contributed by atoms with Gasteiger partial charge in [0.1, 0.15) is 11.5 Å². The van der Waals surface area contributed by atoms with Crippen LogP contribution in [0.2, 0.25) is 5.02 Å². The van der Waals surface area contributed by atoms with Crippen LogP contribution in [-0.2, 0) is 0 Å². The Bertz CT molecular complexity index is 567. The molecule has 0 N–H and O–H groups in total. The molecule has 0 aromatic heterocycles. The van der Waals surface area contributed by atoms with Crippen molar-refractivity contribution in [3.8, 4) is 11.5 Å². The number of carbonyl (C=O) groups excluding carboxylic acids is 1. The van der Waals surface area contributed by atoms with Gasteiger partial charge in [-0.15, -0.1) is 0 Å². The van der Waals surface area contributed by atoms with Crippen molar-refractivity contribution in [2.24, 2.45) is 0 Å². The standard InChI is InChI=1S/C15H13ClO3/c1-18-15-8-7-11(9-13(15)16)14(17)10-19-12-5-3-2-4-6-12/h2-9H,10H2,1H3. The summed E-state index contributed by atoms with van der Waals surface area (Å²) >= 11 is 5.97. The number of hydrogen-bond donors (Lipinski definition) is 0. The summed E-state index contributed by atoms with van der Waals surface area (Å²) in [6.07, 6.45) is 0. The maximum absolute atomic E-state index is 11.9. The first-order valence-electron chi connectivity index (χ1n) is 5.75. The third-order valence-corrected chi connectivity index (χ3v) is 2.88. The van der Waals surface area contributed by atoms with Crippen molar-refractivity contribution in [2.75, 3.05) is 13.7 Å². The number of hydrogen-bond acceptors (Lipinski definition) is 3. The molecule has 0 aliphatic heterocycles. The summed E-state index contributed by atoms with van der Waals surface area (Å²) in [4.78, 5) is 11.9. The monoisotopic (exact) mass is 276 g/mol. The topological polar surface area (TPSA) is 35.5 Å². The first-order valence-corrected chi connectivity index (χ1v) is 6.13. The van der Waals surface area contributed by atoms with Crippen LogP contribution in [0.3, 0.4) is 0 Å². The van der Waals surface area contributed by atoms with E-state index < -0.39 is 0 Å². The Morgan fingerprint density at radius 3 is 2.53 bits per heavy atom. The summed E-state index contributed by atoms with van der Waals surface area (Å²) in [6, 6.07) is 14.1. The van der Waals surface area contributed by atoms with Crippen LogP contribution < -0.4 is 9.47 Å². The molecule has 2 rings (SSSR count). The predicted molar refractivity (Wildman–Crippen MR) is 74.3 cm³/mol. The molecule has 0 spiro atoms. The summed E-state index contributed by atoms with van der Waals surface area (Å²) in [6.45, 7) is -0.0212. The number of ether oxygens (including phenoxy) is 2. The third-order valence-electron chi connectivity index (χ3n) is 2.59. The van der Waals surface area contributed by atoms with Gasteiger partial charge in [0.25, 0.3) is 0 Å². The van der Waals surface area contributed by atoms with E-state index in [0.717, 1.165) is 0 Å². The zero-order chi connectivity index (χ0) is 13.7. The zero-order valence-electron chi connectivity index (χ0n) is 10.4. The SMILES string of the molecule is COc1ccc(C(=O)COc2ccccc2)cc1Cl. The Kier molecular flexibility index (Phi) is 4.42. The molecule has 0 saturated heterocycles. The molecule has 0 fully saturated rings. The second-order valence-corrected chi connectivity index (χ2v) is 4.28. The molecule has 0 radical (unpaired) electrons. The Labute approximate surface area is 116 Å². The van der Waals surface area contributed by atoms with Crippen LogP contribution in [0.4, 0.5) is 0 Å². The molecular weight excluding hydrogens is 264 g/mol. The predicted octanol–water partition coefficient (Wildman–Crippen LogP) is 3.61. The molecule has 0 amide bonds. The van der Waals surface area contributed by atoms with Crippen LogP contribution in [0.15, 0.2) is 48.5 Å². The summed E-state index contributed by atoms with van der Waals surface area (Å²) in [5.41, 5.74) is 0.502. The fraction of sp³-hybridized carbons (Fsp3) is 0.133. The van der Waals surface area contributed by atoms with E-state index in [2.05, 4.69) is 0 Å². The lowest BCUT2D eigenvalue weighted by atomic mass is 10.1. The van der Waals surface area contributed by atoms with Crippen LogP contribution in [0.1, 0.15) is 10.4 Å². The van der Waals surface area contributed by atoms with Gasteiger partial charge >= 0.3 is 0 Å². The average Bonchev–Trinajstić information content (AvgIpc) is 2.45. The third kappa shape index (κ3) is 3.48. The highest BCUT2D eigenvalue weighted by Gasteiger charge is 2.09. The molecule has 3 nitrogen and oxygen atoms in total. The molecule has 0 aliphatic rings. The van der Waals surface area contributed by atoms with E-state index in [0.29, 0.717) is 22.1 Å². The molecule has 0 heterocycles. The van der Waals surface area contributed by atoms with E-state index >= 15 is 0 Å². The van der Waals surface area contributed by atoms with Crippen molar-refractivity contribution >= 4 is 17.4 Å². The van der Waals surface area contributed by atoms with Gasteiger partial charge in [0, 0.05) is 5.56 Å². The van der Waals surface area contributed by atoms with Crippen LogP contribution in [-0.4, -0.2) is 19.5 Å². The lowest BCUT2D eigenvalue weighted by Crippen LogP contribution is -2.11. The molecule has 0 atom stereocenters. The molecule has 0 saturated carbocycles. The summed E-state index contributed by atoms with van der Waals surface area (Å²) in [7, 11) is 1.53. The highest BCUT2D eigenvalue weighted by Crippen LogP contribution is 2.25. The van der Waals surface area contributed by atoms with E-state index in [9.17, 15) is 4.79 Å². The molecule has 0 unspecified atom stereocenters. The quantitative estimate of drug-likeness (QED) is 0.783. The number of para-hydroxylation sites is 1. The van der Waals surface area contributed by atoms with E-state index in [1.807, 2.05) is 18.2 Å². The van der Waals surface area contributed by atoms with Crippen molar-refractivity contribution in [3.63, 3.8) is 0 Å². The van der Waals surface area contributed by atoms with Gasteiger partial charge in [0.15, 0.2) is 12.4 Å². The lowest BCUT2D eigenvalue weighted by molar-refractivity contribution is 0.0921. The fourth-order valence-corrected chi connectivity index (χ4v) is 1.85. The zero-order valence-corrected chi connectivity index (χ0v) is 11.2. The first kappa shape index (κ1) is 13.4. The fourth-order valence-electron chi connectivity index (χ4n) is 1.59. The van der Waals surface area contributed by atoms with E-state index in [-0.39, 0.29) is 12.4 Å². The number of Topliss-reactive ketones (excluding diaryl/α,β-unsaturated/α-hetero) is 1.